The van der Waals surface area contributed by atoms with Crippen LogP contribution in [0, 0.1) is 12.7 Å². The molecule has 2 aromatic carbocycles. The fraction of sp³-hybridized carbons (Fsp3) is 0.400. The molecule has 2 aliphatic heterocycles. The third-order valence-electron chi connectivity index (χ3n) is 6.25. The van der Waals surface area contributed by atoms with Gasteiger partial charge in [0.15, 0.2) is 0 Å². The zero-order chi connectivity index (χ0) is 21.8. The summed E-state index contributed by atoms with van der Waals surface area (Å²) in [6.45, 7) is 7.74. The van der Waals surface area contributed by atoms with Crippen LogP contribution in [0.4, 0.5) is 21.5 Å². The van der Waals surface area contributed by atoms with E-state index in [1.165, 1.54) is 37.9 Å². The van der Waals surface area contributed by atoms with Gasteiger partial charge in [-0.15, -0.1) is 0 Å². The van der Waals surface area contributed by atoms with Gasteiger partial charge in [-0.2, -0.15) is 0 Å². The highest BCUT2D eigenvalue weighted by atomic mass is 19.1. The molecule has 2 aromatic rings. The minimum absolute atomic E-state index is 0.230. The van der Waals surface area contributed by atoms with Crippen molar-refractivity contribution in [3.8, 4) is 0 Å². The Kier molecular flexibility index (Phi) is 6.56. The summed E-state index contributed by atoms with van der Waals surface area (Å²) in [5.41, 5.74) is 4.89. The van der Waals surface area contributed by atoms with E-state index < -0.39 is 0 Å². The summed E-state index contributed by atoms with van der Waals surface area (Å²) in [5.74, 6) is -0.594. The number of hydrogen-bond acceptors (Lipinski definition) is 4. The fourth-order valence-corrected chi connectivity index (χ4v) is 4.41. The Labute approximate surface area is 183 Å². The predicted molar refractivity (Wildman–Crippen MR) is 126 cm³/mol. The van der Waals surface area contributed by atoms with E-state index in [-0.39, 0.29) is 11.7 Å². The van der Waals surface area contributed by atoms with Crippen LogP contribution in [0.2, 0.25) is 0 Å². The number of piperidine rings is 1. The molecule has 31 heavy (non-hydrogen) atoms. The third kappa shape index (κ3) is 5.07. The number of fused-ring (bicyclic) bond motifs is 1. The Morgan fingerprint density at radius 3 is 2.90 bits per heavy atom. The molecule has 5 nitrogen and oxygen atoms in total. The number of hydrogen-bond donors (Lipinski definition) is 3. The molecule has 3 N–H and O–H groups in total. The number of halogens is 1. The Balaban J connectivity index is 1.32. The summed E-state index contributed by atoms with van der Waals surface area (Å²) in [6.07, 6.45) is 6.82. The van der Waals surface area contributed by atoms with Gasteiger partial charge in [-0.25, -0.2) is 4.39 Å². The normalized spacial score (nSPS) is 19.9. The maximum Gasteiger partial charge on any atom is 0.257 e. The standard InChI is InChI=1S/C25H31FN4O/c1-17-14-20(28-16-22-21-9-7-19(26)15-24(21)29-25(22)31)8-10-23(17)27-11-5-13-30-12-4-3-6-18(30)2/h7-10,14-16,18,27-28H,3-6,11-13H2,1-2H3,(H,29,31). The second-order valence-electron chi connectivity index (χ2n) is 8.54. The van der Waals surface area contributed by atoms with Crippen molar-refractivity contribution in [1.82, 2.24) is 4.90 Å². The minimum Gasteiger partial charge on any atom is -0.385 e. The highest BCUT2D eigenvalue weighted by Gasteiger charge is 2.24. The number of amides is 1. The van der Waals surface area contributed by atoms with Crippen LogP contribution in [0.25, 0.3) is 5.57 Å². The molecule has 1 fully saturated rings. The van der Waals surface area contributed by atoms with Crippen molar-refractivity contribution in [2.75, 3.05) is 35.6 Å². The second kappa shape index (κ2) is 9.52. The molecule has 2 aliphatic rings. The van der Waals surface area contributed by atoms with Gasteiger partial charge < -0.3 is 20.9 Å². The molecule has 164 valence electrons. The molecule has 2 heterocycles. The number of carbonyl (C=O) groups is 1. The van der Waals surface area contributed by atoms with Crippen molar-refractivity contribution < 1.29 is 9.18 Å². The van der Waals surface area contributed by atoms with Gasteiger partial charge in [0, 0.05) is 42.3 Å². The lowest BCUT2D eigenvalue weighted by Gasteiger charge is -2.33. The number of likely N-dealkylation sites (tertiary alicyclic amines) is 1. The van der Waals surface area contributed by atoms with Crippen molar-refractivity contribution in [3.63, 3.8) is 0 Å². The van der Waals surface area contributed by atoms with E-state index in [1.54, 1.807) is 12.3 Å². The van der Waals surface area contributed by atoms with E-state index in [0.717, 1.165) is 36.4 Å². The Morgan fingerprint density at radius 1 is 1.23 bits per heavy atom. The van der Waals surface area contributed by atoms with Gasteiger partial charge in [-0.1, -0.05) is 6.42 Å². The summed E-state index contributed by atoms with van der Waals surface area (Å²) in [4.78, 5) is 14.8. The van der Waals surface area contributed by atoms with Gasteiger partial charge >= 0.3 is 0 Å². The zero-order valence-corrected chi connectivity index (χ0v) is 18.3. The number of rotatable bonds is 7. The van der Waals surface area contributed by atoms with E-state index in [1.807, 2.05) is 6.07 Å². The summed E-state index contributed by atoms with van der Waals surface area (Å²) in [6, 6.07) is 11.2. The Morgan fingerprint density at radius 2 is 2.10 bits per heavy atom. The first-order valence-corrected chi connectivity index (χ1v) is 11.2. The third-order valence-corrected chi connectivity index (χ3v) is 6.25. The van der Waals surface area contributed by atoms with Crippen molar-refractivity contribution in [1.29, 1.82) is 0 Å². The number of anilines is 3. The molecule has 1 unspecified atom stereocenters. The maximum atomic E-state index is 13.4. The highest BCUT2D eigenvalue weighted by molar-refractivity contribution is 6.31. The Hall–Kier alpha value is -2.86. The molecule has 1 saturated heterocycles. The largest absolute Gasteiger partial charge is 0.385 e. The van der Waals surface area contributed by atoms with E-state index in [2.05, 4.69) is 46.8 Å². The number of nitrogens with one attached hydrogen (secondary N) is 3. The molecule has 1 atom stereocenters. The van der Waals surface area contributed by atoms with Gasteiger partial charge in [-0.05, 0) is 81.6 Å². The van der Waals surface area contributed by atoms with Crippen LogP contribution in [0.3, 0.4) is 0 Å². The molecule has 0 saturated carbocycles. The van der Waals surface area contributed by atoms with Gasteiger partial charge in [0.2, 0.25) is 0 Å². The lowest BCUT2D eigenvalue weighted by atomic mass is 10.0. The average Bonchev–Trinajstić information content (AvgIpc) is 3.06. The highest BCUT2D eigenvalue weighted by Crippen LogP contribution is 2.32. The quantitative estimate of drug-likeness (QED) is 0.423. The molecule has 0 spiro atoms. The Bertz CT molecular complexity index is 987. The molecular weight excluding hydrogens is 391 g/mol. The summed E-state index contributed by atoms with van der Waals surface area (Å²) in [5, 5.41) is 9.45. The van der Waals surface area contributed by atoms with E-state index in [9.17, 15) is 9.18 Å². The van der Waals surface area contributed by atoms with Crippen molar-refractivity contribution in [3.05, 3.63) is 59.5 Å². The van der Waals surface area contributed by atoms with Crippen LogP contribution in [-0.4, -0.2) is 36.5 Å². The fourth-order valence-electron chi connectivity index (χ4n) is 4.41. The van der Waals surface area contributed by atoms with E-state index >= 15 is 0 Å². The monoisotopic (exact) mass is 422 g/mol. The second-order valence-corrected chi connectivity index (χ2v) is 8.54. The van der Waals surface area contributed by atoms with Crippen LogP contribution < -0.4 is 16.0 Å². The van der Waals surface area contributed by atoms with Crippen molar-refractivity contribution >= 4 is 28.5 Å². The molecule has 0 bridgehead atoms. The van der Waals surface area contributed by atoms with E-state index in [0.29, 0.717) is 22.9 Å². The lowest BCUT2D eigenvalue weighted by molar-refractivity contribution is -0.110. The van der Waals surface area contributed by atoms with Crippen LogP contribution in [0.5, 0.6) is 0 Å². The first kappa shape index (κ1) is 21.4. The van der Waals surface area contributed by atoms with Gasteiger partial charge in [-0.3, -0.25) is 4.79 Å². The molecule has 1 amide bonds. The molecular formula is C25H31FN4O. The van der Waals surface area contributed by atoms with E-state index in [4.69, 9.17) is 0 Å². The summed E-state index contributed by atoms with van der Waals surface area (Å²) >= 11 is 0. The molecule has 0 aromatic heterocycles. The van der Waals surface area contributed by atoms with Gasteiger partial charge in [0.25, 0.3) is 5.91 Å². The van der Waals surface area contributed by atoms with Crippen LogP contribution >= 0.6 is 0 Å². The summed E-state index contributed by atoms with van der Waals surface area (Å²) < 4.78 is 13.4. The first-order valence-electron chi connectivity index (χ1n) is 11.2. The first-order chi connectivity index (χ1) is 15.0. The summed E-state index contributed by atoms with van der Waals surface area (Å²) in [7, 11) is 0. The number of carbonyl (C=O) groups excluding carboxylic acids is 1. The number of benzene rings is 2. The molecule has 0 radical (unpaired) electrons. The SMILES string of the molecule is Cc1cc(NC=C2C(=O)Nc3cc(F)ccc32)ccc1NCCCN1CCCCC1C. The van der Waals surface area contributed by atoms with Crippen LogP contribution in [0.15, 0.2) is 42.6 Å². The molecule has 4 rings (SSSR count). The van der Waals surface area contributed by atoms with Crippen LogP contribution in [0.1, 0.15) is 43.7 Å². The number of aryl methyl sites for hydroxylation is 1. The lowest BCUT2D eigenvalue weighted by Crippen LogP contribution is -2.38. The van der Waals surface area contributed by atoms with Gasteiger partial charge in [0.1, 0.15) is 5.82 Å². The maximum absolute atomic E-state index is 13.4. The van der Waals surface area contributed by atoms with Gasteiger partial charge in [0.05, 0.1) is 11.3 Å². The molecule has 0 aliphatic carbocycles. The number of nitrogens with zero attached hydrogens (tertiary/aromatic N) is 1. The topological polar surface area (TPSA) is 56.4 Å². The average molecular weight is 423 g/mol. The predicted octanol–water partition coefficient (Wildman–Crippen LogP) is 5.22. The van der Waals surface area contributed by atoms with Crippen molar-refractivity contribution in [2.45, 2.75) is 45.6 Å². The minimum atomic E-state index is -0.364. The van der Waals surface area contributed by atoms with Crippen molar-refractivity contribution in [2.24, 2.45) is 0 Å². The smallest absolute Gasteiger partial charge is 0.257 e. The zero-order valence-electron chi connectivity index (χ0n) is 18.3. The molecule has 6 heteroatoms. The van der Waals surface area contributed by atoms with Crippen LogP contribution in [-0.2, 0) is 4.79 Å².